The quantitative estimate of drug-likeness (QED) is 0.709. The summed E-state index contributed by atoms with van der Waals surface area (Å²) in [5.41, 5.74) is -0.330. The van der Waals surface area contributed by atoms with E-state index in [-0.39, 0.29) is 22.9 Å². The summed E-state index contributed by atoms with van der Waals surface area (Å²) in [6.07, 6.45) is -6.07. The number of carbonyl (C=O) groups is 1. The molecule has 0 bridgehead atoms. The molecule has 8 heteroatoms. The van der Waals surface area contributed by atoms with Crippen molar-refractivity contribution in [3.05, 3.63) is 32.8 Å². The highest BCUT2D eigenvalue weighted by Crippen LogP contribution is 2.42. The molecule has 0 aliphatic carbocycles. The van der Waals surface area contributed by atoms with Gasteiger partial charge in [0.1, 0.15) is 5.75 Å². The first-order valence-electron chi connectivity index (χ1n) is 5.85. The van der Waals surface area contributed by atoms with Crippen LogP contribution in [0.25, 0.3) is 6.08 Å². The van der Waals surface area contributed by atoms with Crippen LogP contribution in [0.15, 0.2) is 22.2 Å². The minimum Gasteiger partial charge on any atom is -0.474 e. The molecule has 0 N–H and O–H groups in total. The van der Waals surface area contributed by atoms with Crippen molar-refractivity contribution < 1.29 is 27.4 Å². The standard InChI is InChI=1S/C13H9BrClF3O3/c1-2-20-12(19)8-4-6-3-7(14)5-9(15)10(6)21-11(8)13(16,17)18/h3-5,11H,2H2,1H3. The summed E-state index contributed by atoms with van der Waals surface area (Å²) in [6, 6.07) is 2.92. The van der Waals surface area contributed by atoms with E-state index in [0.29, 0.717) is 4.47 Å². The van der Waals surface area contributed by atoms with Gasteiger partial charge in [0.15, 0.2) is 0 Å². The Morgan fingerprint density at radius 1 is 1.48 bits per heavy atom. The van der Waals surface area contributed by atoms with Crippen LogP contribution in [0.2, 0.25) is 5.02 Å². The highest BCUT2D eigenvalue weighted by atomic mass is 79.9. The van der Waals surface area contributed by atoms with Crippen molar-refractivity contribution in [2.75, 3.05) is 6.61 Å². The normalized spacial score (nSPS) is 17.6. The Morgan fingerprint density at radius 2 is 2.14 bits per heavy atom. The highest BCUT2D eigenvalue weighted by molar-refractivity contribution is 9.10. The lowest BCUT2D eigenvalue weighted by Gasteiger charge is -2.28. The van der Waals surface area contributed by atoms with Gasteiger partial charge in [0.25, 0.3) is 0 Å². The molecule has 1 heterocycles. The zero-order valence-electron chi connectivity index (χ0n) is 10.6. The zero-order chi connectivity index (χ0) is 15.8. The first-order chi connectivity index (χ1) is 9.74. The molecular weight excluding hydrogens is 376 g/mol. The topological polar surface area (TPSA) is 35.5 Å². The average Bonchev–Trinajstić information content (AvgIpc) is 2.36. The Hall–Kier alpha value is -1.21. The molecule has 21 heavy (non-hydrogen) atoms. The number of alkyl halides is 3. The number of ether oxygens (including phenoxy) is 2. The Bertz CT molecular complexity index is 613. The molecule has 3 nitrogen and oxygen atoms in total. The molecule has 0 aromatic heterocycles. The van der Waals surface area contributed by atoms with E-state index in [1.54, 1.807) is 0 Å². The van der Waals surface area contributed by atoms with Crippen LogP contribution < -0.4 is 4.74 Å². The summed E-state index contributed by atoms with van der Waals surface area (Å²) in [6.45, 7) is 1.47. The van der Waals surface area contributed by atoms with Crippen LogP contribution in [0.1, 0.15) is 12.5 Å². The third kappa shape index (κ3) is 3.35. The molecule has 1 aliphatic rings. The van der Waals surface area contributed by atoms with Crippen molar-refractivity contribution in [1.29, 1.82) is 0 Å². The molecule has 0 spiro atoms. The number of esters is 1. The minimum atomic E-state index is -4.76. The molecule has 1 aromatic carbocycles. The van der Waals surface area contributed by atoms with Crippen LogP contribution in [0, 0.1) is 0 Å². The summed E-state index contributed by atoms with van der Waals surface area (Å²) in [5, 5.41) is 0.0211. The van der Waals surface area contributed by atoms with Gasteiger partial charge in [-0.2, -0.15) is 13.2 Å². The Balaban J connectivity index is 2.55. The zero-order valence-corrected chi connectivity index (χ0v) is 13.0. The molecule has 0 saturated carbocycles. The van der Waals surface area contributed by atoms with Crippen LogP contribution in [0.4, 0.5) is 13.2 Å². The number of halogens is 5. The Morgan fingerprint density at radius 3 is 2.71 bits per heavy atom. The van der Waals surface area contributed by atoms with Crippen LogP contribution in [0.5, 0.6) is 5.75 Å². The molecule has 1 atom stereocenters. The predicted octanol–water partition coefficient (Wildman–Crippen LogP) is 4.37. The molecule has 0 amide bonds. The van der Waals surface area contributed by atoms with E-state index >= 15 is 0 Å². The maximum Gasteiger partial charge on any atom is 0.430 e. The molecular formula is C13H9BrClF3O3. The van der Waals surface area contributed by atoms with E-state index in [2.05, 4.69) is 20.7 Å². The molecule has 1 aliphatic heterocycles. The lowest BCUT2D eigenvalue weighted by atomic mass is 10.0. The average molecular weight is 386 g/mol. The van der Waals surface area contributed by atoms with Gasteiger partial charge >= 0.3 is 12.1 Å². The summed E-state index contributed by atoms with van der Waals surface area (Å²) >= 11 is 9.06. The number of fused-ring (bicyclic) bond motifs is 1. The van der Waals surface area contributed by atoms with Gasteiger partial charge in [-0.05, 0) is 25.1 Å². The van der Waals surface area contributed by atoms with Gasteiger partial charge in [-0.15, -0.1) is 0 Å². The maximum absolute atomic E-state index is 13.1. The second-order valence-electron chi connectivity index (χ2n) is 4.17. The van der Waals surface area contributed by atoms with E-state index < -0.39 is 23.8 Å². The van der Waals surface area contributed by atoms with Crippen molar-refractivity contribution in [3.8, 4) is 5.75 Å². The van der Waals surface area contributed by atoms with E-state index in [9.17, 15) is 18.0 Å². The van der Waals surface area contributed by atoms with Crippen LogP contribution in [0.3, 0.4) is 0 Å². The smallest absolute Gasteiger partial charge is 0.430 e. The second kappa shape index (κ2) is 5.88. The lowest BCUT2D eigenvalue weighted by Crippen LogP contribution is -2.40. The number of carbonyl (C=O) groups excluding carboxylic acids is 1. The highest BCUT2D eigenvalue weighted by Gasteiger charge is 2.49. The van der Waals surface area contributed by atoms with Crippen molar-refractivity contribution in [2.24, 2.45) is 0 Å². The van der Waals surface area contributed by atoms with Crippen molar-refractivity contribution in [3.63, 3.8) is 0 Å². The van der Waals surface area contributed by atoms with Crippen LogP contribution in [-0.2, 0) is 9.53 Å². The predicted molar refractivity (Wildman–Crippen MR) is 74.2 cm³/mol. The Labute approximate surface area is 131 Å². The van der Waals surface area contributed by atoms with Crippen molar-refractivity contribution in [2.45, 2.75) is 19.2 Å². The third-order valence-corrected chi connectivity index (χ3v) is 3.41. The second-order valence-corrected chi connectivity index (χ2v) is 5.49. The molecule has 0 saturated heterocycles. The number of rotatable bonds is 2. The van der Waals surface area contributed by atoms with Crippen LogP contribution in [-0.4, -0.2) is 24.9 Å². The largest absolute Gasteiger partial charge is 0.474 e. The molecule has 2 rings (SSSR count). The number of hydrogen-bond donors (Lipinski definition) is 0. The maximum atomic E-state index is 13.1. The third-order valence-electron chi connectivity index (χ3n) is 2.67. The van der Waals surface area contributed by atoms with Gasteiger partial charge in [0, 0.05) is 10.0 Å². The van der Waals surface area contributed by atoms with Gasteiger partial charge in [0.2, 0.25) is 6.10 Å². The van der Waals surface area contributed by atoms with E-state index in [1.807, 2.05) is 0 Å². The fourth-order valence-corrected chi connectivity index (χ4v) is 2.74. The molecule has 1 aromatic rings. The first kappa shape index (κ1) is 16.2. The summed E-state index contributed by atoms with van der Waals surface area (Å²) in [4.78, 5) is 11.7. The number of hydrogen-bond acceptors (Lipinski definition) is 3. The van der Waals surface area contributed by atoms with Gasteiger partial charge in [0.05, 0.1) is 17.2 Å². The number of benzene rings is 1. The van der Waals surface area contributed by atoms with Crippen LogP contribution >= 0.6 is 27.5 Å². The van der Waals surface area contributed by atoms with E-state index in [4.69, 9.17) is 16.3 Å². The first-order valence-corrected chi connectivity index (χ1v) is 7.02. The fraction of sp³-hybridized carbons (Fsp3) is 0.308. The monoisotopic (exact) mass is 384 g/mol. The summed E-state index contributed by atoms with van der Waals surface area (Å²) in [5.74, 6) is -1.18. The summed E-state index contributed by atoms with van der Waals surface area (Å²) in [7, 11) is 0. The SMILES string of the molecule is CCOC(=O)C1=Cc2cc(Br)cc(Cl)c2OC1C(F)(F)F. The molecule has 0 fully saturated rings. The van der Waals surface area contributed by atoms with E-state index in [0.717, 1.165) is 6.08 Å². The van der Waals surface area contributed by atoms with Crippen molar-refractivity contribution >= 4 is 39.6 Å². The van der Waals surface area contributed by atoms with E-state index in [1.165, 1.54) is 19.1 Å². The lowest BCUT2D eigenvalue weighted by molar-refractivity contribution is -0.187. The van der Waals surface area contributed by atoms with Crippen molar-refractivity contribution in [1.82, 2.24) is 0 Å². The molecule has 114 valence electrons. The summed E-state index contributed by atoms with van der Waals surface area (Å²) < 4.78 is 49.3. The minimum absolute atomic E-state index is 0.0211. The van der Waals surface area contributed by atoms with Gasteiger partial charge in [-0.3, -0.25) is 0 Å². The van der Waals surface area contributed by atoms with Gasteiger partial charge < -0.3 is 9.47 Å². The van der Waals surface area contributed by atoms with Gasteiger partial charge in [-0.25, -0.2) is 4.79 Å². The van der Waals surface area contributed by atoms with Gasteiger partial charge in [-0.1, -0.05) is 27.5 Å². The molecule has 1 unspecified atom stereocenters. The Kier molecular flexibility index (Phi) is 4.53. The fourth-order valence-electron chi connectivity index (χ4n) is 1.86. The molecule has 0 radical (unpaired) electrons.